The second-order valence-corrected chi connectivity index (χ2v) is 2.42. The van der Waals surface area contributed by atoms with Gasteiger partial charge in [-0.2, -0.15) is 0 Å². The summed E-state index contributed by atoms with van der Waals surface area (Å²) < 4.78 is 0. The summed E-state index contributed by atoms with van der Waals surface area (Å²) >= 11 is 0. The number of rotatable bonds is 0. The minimum atomic E-state index is 0.246. The lowest BCUT2D eigenvalue weighted by atomic mass is 9.72. The SMILES string of the molecule is O=C1C[B]c2ccccc21. The second kappa shape index (κ2) is 1.98. The zero-order valence-electron chi connectivity index (χ0n) is 5.50. The zero-order valence-corrected chi connectivity index (χ0v) is 5.50. The quantitative estimate of drug-likeness (QED) is 0.469. The second-order valence-electron chi connectivity index (χ2n) is 2.42. The number of carbonyl (C=O) groups excluding carboxylic acids is 1. The van der Waals surface area contributed by atoms with Crippen molar-refractivity contribution in [3.63, 3.8) is 0 Å². The first-order valence-electron chi connectivity index (χ1n) is 3.33. The highest BCUT2D eigenvalue weighted by molar-refractivity contribution is 6.64. The van der Waals surface area contributed by atoms with Crippen molar-refractivity contribution in [2.45, 2.75) is 6.32 Å². The number of hydrogen-bond donors (Lipinski definition) is 0. The summed E-state index contributed by atoms with van der Waals surface area (Å²) in [7, 11) is 1.97. The van der Waals surface area contributed by atoms with E-state index in [1.165, 1.54) is 0 Å². The normalized spacial score (nSPS) is 14.6. The van der Waals surface area contributed by atoms with E-state index in [0.29, 0.717) is 6.32 Å². The Morgan fingerprint density at radius 3 is 2.90 bits per heavy atom. The topological polar surface area (TPSA) is 17.1 Å². The third-order valence-corrected chi connectivity index (χ3v) is 1.77. The molecule has 1 aromatic rings. The van der Waals surface area contributed by atoms with Crippen molar-refractivity contribution in [2.75, 3.05) is 0 Å². The van der Waals surface area contributed by atoms with Crippen LogP contribution in [0.25, 0.3) is 0 Å². The van der Waals surface area contributed by atoms with Gasteiger partial charge in [-0.15, -0.1) is 0 Å². The van der Waals surface area contributed by atoms with E-state index < -0.39 is 0 Å². The van der Waals surface area contributed by atoms with E-state index in [4.69, 9.17) is 0 Å². The van der Waals surface area contributed by atoms with Crippen molar-refractivity contribution in [2.24, 2.45) is 0 Å². The fourth-order valence-corrected chi connectivity index (χ4v) is 1.24. The van der Waals surface area contributed by atoms with E-state index in [9.17, 15) is 4.79 Å². The van der Waals surface area contributed by atoms with Gasteiger partial charge in [0, 0.05) is 5.56 Å². The number of Topliss-reactive ketones (excluding diaryl/α,β-unsaturated/α-hetero) is 1. The molecule has 1 nitrogen and oxygen atoms in total. The number of carbonyl (C=O) groups is 1. The summed E-state index contributed by atoms with van der Waals surface area (Å²) in [6.07, 6.45) is 0.583. The summed E-state index contributed by atoms with van der Waals surface area (Å²) in [5, 5.41) is 0. The molecule has 1 aromatic carbocycles. The fraction of sp³-hybridized carbons (Fsp3) is 0.125. The van der Waals surface area contributed by atoms with E-state index in [1.807, 2.05) is 31.5 Å². The Hall–Kier alpha value is -1.05. The van der Waals surface area contributed by atoms with Crippen LogP contribution in [0.15, 0.2) is 24.3 Å². The average Bonchev–Trinajstić information content (AvgIpc) is 2.34. The maximum atomic E-state index is 11.0. The van der Waals surface area contributed by atoms with Crippen LogP contribution in [0.1, 0.15) is 10.4 Å². The fourth-order valence-electron chi connectivity index (χ4n) is 1.24. The molecule has 1 heterocycles. The molecule has 0 aliphatic carbocycles. The highest BCUT2D eigenvalue weighted by Crippen LogP contribution is 2.07. The smallest absolute Gasteiger partial charge is 0.161 e. The predicted octanol–water partition coefficient (Wildman–Crippen LogP) is 0.631. The average molecular weight is 129 g/mol. The van der Waals surface area contributed by atoms with Crippen LogP contribution >= 0.6 is 0 Å². The Labute approximate surface area is 60.3 Å². The molecular formula is C8H6BO. The monoisotopic (exact) mass is 129 g/mol. The molecule has 0 fully saturated rings. The molecule has 0 aromatic heterocycles. The van der Waals surface area contributed by atoms with Crippen LogP contribution in [-0.2, 0) is 0 Å². The molecule has 0 saturated carbocycles. The minimum Gasteiger partial charge on any atom is -0.295 e. The van der Waals surface area contributed by atoms with Gasteiger partial charge in [-0.25, -0.2) is 0 Å². The van der Waals surface area contributed by atoms with Crippen molar-refractivity contribution >= 4 is 18.5 Å². The molecule has 1 aliphatic heterocycles. The molecule has 0 bridgehead atoms. The Bertz CT molecular complexity index is 280. The van der Waals surface area contributed by atoms with Gasteiger partial charge < -0.3 is 0 Å². The Morgan fingerprint density at radius 1 is 1.30 bits per heavy atom. The van der Waals surface area contributed by atoms with Gasteiger partial charge in [-0.3, -0.25) is 4.79 Å². The molecule has 0 saturated heterocycles. The first-order chi connectivity index (χ1) is 4.88. The Balaban J connectivity index is 2.61. The first-order valence-corrected chi connectivity index (χ1v) is 3.33. The lowest BCUT2D eigenvalue weighted by Crippen LogP contribution is -2.08. The molecule has 0 N–H and O–H groups in total. The van der Waals surface area contributed by atoms with Crippen molar-refractivity contribution in [3.05, 3.63) is 29.8 Å². The Kier molecular flexibility index (Phi) is 1.13. The largest absolute Gasteiger partial charge is 0.295 e. The van der Waals surface area contributed by atoms with E-state index >= 15 is 0 Å². The molecule has 0 atom stereocenters. The summed E-state index contributed by atoms with van der Waals surface area (Å²) in [6.45, 7) is 0. The zero-order chi connectivity index (χ0) is 6.97. The standard InChI is InChI=1S/C8H6BO/c10-8-5-9-7-4-2-1-3-6(7)8/h1-4H,5H2. The maximum Gasteiger partial charge on any atom is 0.161 e. The van der Waals surface area contributed by atoms with Crippen molar-refractivity contribution in [1.82, 2.24) is 0 Å². The van der Waals surface area contributed by atoms with Crippen LogP contribution in [0.5, 0.6) is 0 Å². The first kappa shape index (κ1) is 5.72. The van der Waals surface area contributed by atoms with E-state index in [-0.39, 0.29) is 5.78 Å². The third kappa shape index (κ3) is 0.686. The van der Waals surface area contributed by atoms with Gasteiger partial charge in [-0.05, 0) is 6.32 Å². The number of benzene rings is 1. The molecule has 47 valence electrons. The van der Waals surface area contributed by atoms with Crippen LogP contribution in [0.4, 0.5) is 0 Å². The summed E-state index contributed by atoms with van der Waals surface area (Å²) in [6, 6.07) is 7.70. The summed E-state index contributed by atoms with van der Waals surface area (Å²) in [4.78, 5) is 11.0. The van der Waals surface area contributed by atoms with Gasteiger partial charge >= 0.3 is 0 Å². The van der Waals surface area contributed by atoms with Crippen molar-refractivity contribution in [1.29, 1.82) is 0 Å². The third-order valence-electron chi connectivity index (χ3n) is 1.77. The minimum absolute atomic E-state index is 0.246. The van der Waals surface area contributed by atoms with Gasteiger partial charge in [0.15, 0.2) is 13.1 Å². The van der Waals surface area contributed by atoms with E-state index in [1.54, 1.807) is 0 Å². The maximum absolute atomic E-state index is 11.0. The molecule has 1 radical (unpaired) electrons. The van der Waals surface area contributed by atoms with Gasteiger partial charge in [0.1, 0.15) is 0 Å². The van der Waals surface area contributed by atoms with Gasteiger partial charge in [0.05, 0.1) is 0 Å². The van der Waals surface area contributed by atoms with Gasteiger partial charge in [0.25, 0.3) is 0 Å². The van der Waals surface area contributed by atoms with Gasteiger partial charge in [-0.1, -0.05) is 29.7 Å². The highest BCUT2D eigenvalue weighted by atomic mass is 16.1. The lowest BCUT2D eigenvalue weighted by molar-refractivity contribution is 0.102. The highest BCUT2D eigenvalue weighted by Gasteiger charge is 2.18. The van der Waals surface area contributed by atoms with Crippen LogP contribution in [0.3, 0.4) is 0 Å². The number of hydrogen-bond acceptors (Lipinski definition) is 1. The van der Waals surface area contributed by atoms with E-state index in [0.717, 1.165) is 11.0 Å². The lowest BCUT2D eigenvalue weighted by Gasteiger charge is -1.92. The molecule has 0 spiro atoms. The van der Waals surface area contributed by atoms with Crippen LogP contribution in [0.2, 0.25) is 6.32 Å². The van der Waals surface area contributed by atoms with Crippen LogP contribution < -0.4 is 5.46 Å². The molecule has 2 heteroatoms. The molecular weight excluding hydrogens is 123 g/mol. The van der Waals surface area contributed by atoms with Crippen LogP contribution in [-0.4, -0.2) is 13.1 Å². The Morgan fingerprint density at radius 2 is 2.10 bits per heavy atom. The predicted molar refractivity (Wildman–Crippen MR) is 41.0 cm³/mol. The number of ketones is 1. The molecule has 1 aliphatic rings. The summed E-state index contributed by atoms with van der Waals surface area (Å²) in [5.74, 6) is 0.246. The molecule has 10 heavy (non-hydrogen) atoms. The molecule has 2 rings (SSSR count). The summed E-state index contributed by atoms with van der Waals surface area (Å²) in [5.41, 5.74) is 1.97. The van der Waals surface area contributed by atoms with Crippen LogP contribution in [0, 0.1) is 0 Å². The molecule has 0 amide bonds. The van der Waals surface area contributed by atoms with E-state index in [2.05, 4.69) is 0 Å². The molecule has 0 unspecified atom stereocenters. The van der Waals surface area contributed by atoms with Gasteiger partial charge in [0.2, 0.25) is 0 Å². The van der Waals surface area contributed by atoms with Crippen molar-refractivity contribution < 1.29 is 4.79 Å². The number of fused-ring (bicyclic) bond motifs is 1. The van der Waals surface area contributed by atoms with Crippen molar-refractivity contribution in [3.8, 4) is 0 Å².